The molecule has 2 saturated carbocycles. The van der Waals surface area contributed by atoms with Crippen molar-refractivity contribution in [3.8, 4) is 0 Å². The van der Waals surface area contributed by atoms with Crippen molar-refractivity contribution in [1.29, 1.82) is 0 Å². The van der Waals surface area contributed by atoms with Crippen LogP contribution in [0, 0.1) is 0 Å². The molecule has 2 aliphatic carbocycles. The molecule has 0 bridgehead atoms. The fraction of sp³-hybridized carbons (Fsp3) is 1.00. The molecule has 0 aromatic carbocycles. The maximum absolute atomic E-state index is 6.11. The average molecular weight is 307 g/mol. The number of halogens is 2. The summed E-state index contributed by atoms with van der Waals surface area (Å²) in [6.45, 7) is 2.27. The molecule has 2 rings (SSSR count). The zero-order valence-electron chi connectivity index (χ0n) is 11.8. The minimum Gasteiger partial charge on any atom is -0.314 e. The zero-order chi connectivity index (χ0) is 13.5. The number of alkyl halides is 2. The highest BCUT2D eigenvalue weighted by molar-refractivity contribution is 6.20. The number of hydrogen-bond acceptors (Lipinski definition) is 2. The lowest BCUT2D eigenvalue weighted by Crippen LogP contribution is -2.37. The van der Waals surface area contributed by atoms with Gasteiger partial charge in [0.1, 0.15) is 0 Å². The molecule has 0 atom stereocenters. The molecule has 2 N–H and O–H groups in total. The van der Waals surface area contributed by atoms with Gasteiger partial charge in [-0.3, -0.25) is 0 Å². The Morgan fingerprint density at radius 3 is 1.37 bits per heavy atom. The Bertz CT molecular complexity index is 210. The molecule has 0 aliphatic heterocycles. The van der Waals surface area contributed by atoms with Crippen LogP contribution in [0.1, 0.15) is 57.8 Å². The SMILES string of the molecule is ClC1CCC(NCCCNC2CCC(Cl)CC2)CC1. The van der Waals surface area contributed by atoms with E-state index in [-0.39, 0.29) is 0 Å². The van der Waals surface area contributed by atoms with E-state index in [1.54, 1.807) is 0 Å². The van der Waals surface area contributed by atoms with E-state index in [4.69, 9.17) is 23.2 Å². The van der Waals surface area contributed by atoms with E-state index in [1.807, 2.05) is 0 Å². The molecular formula is C15H28Cl2N2. The van der Waals surface area contributed by atoms with Crippen molar-refractivity contribution in [2.45, 2.75) is 80.6 Å². The van der Waals surface area contributed by atoms with Crippen LogP contribution < -0.4 is 10.6 Å². The van der Waals surface area contributed by atoms with Gasteiger partial charge in [0, 0.05) is 22.8 Å². The van der Waals surface area contributed by atoms with E-state index >= 15 is 0 Å². The van der Waals surface area contributed by atoms with Crippen LogP contribution in [-0.4, -0.2) is 35.9 Å². The first-order chi connectivity index (χ1) is 9.24. The first-order valence-electron chi connectivity index (χ1n) is 7.99. The number of rotatable bonds is 6. The predicted molar refractivity (Wildman–Crippen MR) is 84.4 cm³/mol. The van der Waals surface area contributed by atoms with Crippen molar-refractivity contribution in [2.75, 3.05) is 13.1 Å². The summed E-state index contributed by atoms with van der Waals surface area (Å²) in [5.41, 5.74) is 0. The molecule has 0 aromatic rings. The lowest BCUT2D eigenvalue weighted by molar-refractivity contribution is 0.357. The molecular weight excluding hydrogens is 279 g/mol. The Morgan fingerprint density at radius 1 is 0.632 bits per heavy atom. The van der Waals surface area contributed by atoms with E-state index in [1.165, 1.54) is 57.8 Å². The largest absolute Gasteiger partial charge is 0.314 e. The highest BCUT2D eigenvalue weighted by Gasteiger charge is 2.19. The van der Waals surface area contributed by atoms with Crippen molar-refractivity contribution < 1.29 is 0 Å². The molecule has 112 valence electrons. The number of nitrogens with one attached hydrogen (secondary N) is 2. The summed E-state index contributed by atoms with van der Waals surface area (Å²) in [7, 11) is 0. The third-order valence-electron chi connectivity index (χ3n) is 4.53. The van der Waals surface area contributed by atoms with Gasteiger partial charge in [0.25, 0.3) is 0 Å². The Labute approximate surface area is 128 Å². The van der Waals surface area contributed by atoms with E-state index in [0.717, 1.165) is 13.1 Å². The Balaban J connectivity index is 1.44. The minimum atomic E-state index is 0.428. The standard InChI is InChI=1S/C15H28Cl2N2/c16-12-2-6-14(7-3-12)18-10-1-11-19-15-8-4-13(17)5-9-15/h12-15,18-19H,1-11H2. The fourth-order valence-electron chi connectivity index (χ4n) is 3.21. The van der Waals surface area contributed by atoms with E-state index in [2.05, 4.69) is 10.6 Å². The van der Waals surface area contributed by atoms with Crippen LogP contribution in [0.15, 0.2) is 0 Å². The molecule has 0 radical (unpaired) electrons. The second-order valence-corrected chi connectivity index (χ2v) is 7.39. The molecule has 2 nitrogen and oxygen atoms in total. The summed E-state index contributed by atoms with van der Waals surface area (Å²) in [4.78, 5) is 0. The van der Waals surface area contributed by atoms with E-state index in [9.17, 15) is 0 Å². The maximum atomic E-state index is 6.11. The second-order valence-electron chi connectivity index (χ2n) is 6.16. The predicted octanol–water partition coefficient (Wildman–Crippen LogP) is 3.66. The van der Waals surface area contributed by atoms with Crippen LogP contribution in [0.3, 0.4) is 0 Å². The van der Waals surface area contributed by atoms with Crippen molar-refractivity contribution in [3.63, 3.8) is 0 Å². The quantitative estimate of drug-likeness (QED) is 0.578. The number of hydrogen-bond donors (Lipinski definition) is 2. The topological polar surface area (TPSA) is 24.1 Å². The second kappa shape index (κ2) is 8.71. The molecule has 0 saturated heterocycles. The van der Waals surface area contributed by atoms with Crippen molar-refractivity contribution in [2.24, 2.45) is 0 Å². The van der Waals surface area contributed by atoms with Crippen molar-refractivity contribution in [1.82, 2.24) is 10.6 Å². The normalized spacial score (nSPS) is 36.3. The summed E-state index contributed by atoms with van der Waals surface area (Å²) in [6.07, 6.45) is 10.9. The van der Waals surface area contributed by atoms with Crippen LogP contribution in [-0.2, 0) is 0 Å². The lowest BCUT2D eigenvalue weighted by Gasteiger charge is -2.27. The zero-order valence-corrected chi connectivity index (χ0v) is 13.4. The van der Waals surface area contributed by atoms with E-state index < -0.39 is 0 Å². The van der Waals surface area contributed by atoms with Gasteiger partial charge >= 0.3 is 0 Å². The van der Waals surface area contributed by atoms with Gasteiger partial charge in [0.05, 0.1) is 0 Å². The van der Waals surface area contributed by atoms with Gasteiger partial charge < -0.3 is 10.6 Å². The molecule has 2 aliphatic rings. The smallest absolute Gasteiger partial charge is 0.0337 e. The van der Waals surface area contributed by atoms with Gasteiger partial charge in [-0.2, -0.15) is 0 Å². The van der Waals surface area contributed by atoms with Gasteiger partial charge in [0.2, 0.25) is 0 Å². The van der Waals surface area contributed by atoms with Gasteiger partial charge in [-0.25, -0.2) is 0 Å². The summed E-state index contributed by atoms with van der Waals surface area (Å²) >= 11 is 12.2. The highest BCUT2D eigenvalue weighted by Crippen LogP contribution is 2.23. The first-order valence-corrected chi connectivity index (χ1v) is 8.86. The van der Waals surface area contributed by atoms with Gasteiger partial charge in [0.15, 0.2) is 0 Å². The molecule has 0 spiro atoms. The van der Waals surface area contributed by atoms with Crippen LogP contribution in [0.25, 0.3) is 0 Å². The fourth-order valence-corrected chi connectivity index (χ4v) is 3.72. The molecule has 0 unspecified atom stereocenters. The Kier molecular flexibility index (Phi) is 7.28. The van der Waals surface area contributed by atoms with E-state index in [0.29, 0.717) is 22.8 Å². The van der Waals surface area contributed by atoms with Crippen LogP contribution >= 0.6 is 23.2 Å². The summed E-state index contributed by atoms with van der Waals surface area (Å²) < 4.78 is 0. The summed E-state index contributed by atoms with van der Waals surface area (Å²) in [6, 6.07) is 1.42. The highest BCUT2D eigenvalue weighted by atomic mass is 35.5. The molecule has 0 aromatic heterocycles. The Morgan fingerprint density at radius 2 is 1.00 bits per heavy atom. The first kappa shape index (κ1) is 15.9. The van der Waals surface area contributed by atoms with Gasteiger partial charge in [-0.15, -0.1) is 23.2 Å². The monoisotopic (exact) mass is 306 g/mol. The third-order valence-corrected chi connectivity index (χ3v) is 5.41. The molecule has 2 fully saturated rings. The van der Waals surface area contributed by atoms with Crippen LogP contribution in [0.5, 0.6) is 0 Å². The average Bonchev–Trinajstić information content (AvgIpc) is 2.43. The van der Waals surface area contributed by atoms with Crippen LogP contribution in [0.4, 0.5) is 0 Å². The lowest BCUT2D eigenvalue weighted by atomic mass is 9.94. The molecule has 0 amide bonds. The van der Waals surface area contributed by atoms with Crippen molar-refractivity contribution >= 4 is 23.2 Å². The maximum Gasteiger partial charge on any atom is 0.0337 e. The molecule has 4 heteroatoms. The molecule has 0 heterocycles. The minimum absolute atomic E-state index is 0.428. The van der Waals surface area contributed by atoms with Crippen molar-refractivity contribution in [3.05, 3.63) is 0 Å². The van der Waals surface area contributed by atoms with Gasteiger partial charge in [-0.05, 0) is 70.9 Å². The van der Waals surface area contributed by atoms with Gasteiger partial charge in [-0.1, -0.05) is 0 Å². The summed E-state index contributed by atoms with van der Waals surface area (Å²) in [5.74, 6) is 0. The molecule has 19 heavy (non-hydrogen) atoms. The van der Waals surface area contributed by atoms with Crippen LogP contribution in [0.2, 0.25) is 0 Å². The summed E-state index contributed by atoms with van der Waals surface area (Å²) in [5, 5.41) is 8.19. The third kappa shape index (κ3) is 6.20. The Hall–Kier alpha value is 0.500.